The maximum Gasteiger partial charge on any atom is 0.245 e. The highest BCUT2D eigenvalue weighted by Gasteiger charge is 2.15. The molecular formula is C15H17N3O. The second kappa shape index (κ2) is 5.63. The molecule has 2 rings (SSSR count). The Balaban J connectivity index is 2.07. The van der Waals surface area contributed by atoms with Crippen LogP contribution in [0.1, 0.15) is 22.9 Å². The molecule has 1 amide bonds. The topological polar surface area (TPSA) is 68.0 Å². The van der Waals surface area contributed by atoms with E-state index >= 15 is 0 Å². The Morgan fingerprint density at radius 3 is 2.42 bits per heavy atom. The number of benzene rings is 1. The predicted octanol–water partition coefficient (Wildman–Crippen LogP) is 2.34. The van der Waals surface area contributed by atoms with Crippen LogP contribution < -0.4 is 11.1 Å². The van der Waals surface area contributed by atoms with E-state index < -0.39 is 6.04 Å². The van der Waals surface area contributed by atoms with Gasteiger partial charge in [0, 0.05) is 5.69 Å². The van der Waals surface area contributed by atoms with Crippen molar-refractivity contribution in [3.63, 3.8) is 0 Å². The number of nitrogens with zero attached hydrogens (tertiary/aromatic N) is 1. The summed E-state index contributed by atoms with van der Waals surface area (Å²) in [6.45, 7) is 3.89. The molecule has 1 heterocycles. The molecule has 3 N–H and O–H groups in total. The van der Waals surface area contributed by atoms with Gasteiger partial charge in [-0.15, -0.1) is 0 Å². The van der Waals surface area contributed by atoms with E-state index in [0.29, 0.717) is 5.69 Å². The van der Waals surface area contributed by atoms with Crippen molar-refractivity contribution in [2.45, 2.75) is 19.9 Å². The lowest BCUT2D eigenvalue weighted by Crippen LogP contribution is -2.27. The van der Waals surface area contributed by atoms with Crippen LogP contribution in [-0.2, 0) is 4.79 Å². The fourth-order valence-corrected chi connectivity index (χ4v) is 1.69. The maximum atomic E-state index is 12.0. The largest absolute Gasteiger partial charge is 0.323 e. The van der Waals surface area contributed by atoms with Gasteiger partial charge in [0.2, 0.25) is 5.91 Å². The zero-order valence-electron chi connectivity index (χ0n) is 11.1. The summed E-state index contributed by atoms with van der Waals surface area (Å²) in [6.07, 6.45) is 1.62. The first kappa shape index (κ1) is 13.2. The Morgan fingerprint density at radius 2 is 1.84 bits per heavy atom. The van der Waals surface area contributed by atoms with Crippen LogP contribution in [0, 0.1) is 13.8 Å². The number of nitrogens with one attached hydrogen (secondary N) is 1. The zero-order chi connectivity index (χ0) is 13.8. The Hall–Kier alpha value is -2.20. The Morgan fingerprint density at radius 1 is 1.16 bits per heavy atom. The van der Waals surface area contributed by atoms with Gasteiger partial charge in [-0.25, -0.2) is 0 Å². The average Bonchev–Trinajstić information content (AvgIpc) is 2.41. The summed E-state index contributed by atoms with van der Waals surface area (Å²) in [6, 6.07) is 10.6. The van der Waals surface area contributed by atoms with Gasteiger partial charge in [-0.05, 0) is 31.5 Å². The molecule has 1 unspecified atom stereocenters. The third-order valence-corrected chi connectivity index (χ3v) is 2.90. The van der Waals surface area contributed by atoms with E-state index in [0.717, 1.165) is 16.8 Å². The van der Waals surface area contributed by atoms with Gasteiger partial charge < -0.3 is 11.1 Å². The Labute approximate surface area is 112 Å². The van der Waals surface area contributed by atoms with Crippen molar-refractivity contribution in [3.05, 3.63) is 59.4 Å². The van der Waals surface area contributed by atoms with Crippen molar-refractivity contribution in [1.82, 2.24) is 4.98 Å². The fraction of sp³-hybridized carbons (Fsp3) is 0.200. The fourth-order valence-electron chi connectivity index (χ4n) is 1.69. The molecule has 0 radical (unpaired) electrons. The van der Waals surface area contributed by atoms with Crippen molar-refractivity contribution in [2.75, 3.05) is 5.32 Å². The van der Waals surface area contributed by atoms with Crippen molar-refractivity contribution >= 4 is 11.6 Å². The lowest BCUT2D eigenvalue weighted by Gasteiger charge is -2.12. The Kier molecular flexibility index (Phi) is 3.92. The molecule has 4 nitrogen and oxygen atoms in total. The molecular weight excluding hydrogens is 238 g/mol. The number of pyridine rings is 1. The molecule has 1 aromatic heterocycles. The molecule has 19 heavy (non-hydrogen) atoms. The van der Waals surface area contributed by atoms with Crippen LogP contribution in [-0.4, -0.2) is 10.9 Å². The molecule has 2 aromatic rings. The molecule has 0 bridgehead atoms. The second-order valence-electron chi connectivity index (χ2n) is 4.57. The molecule has 1 aromatic carbocycles. The number of rotatable bonds is 3. The van der Waals surface area contributed by atoms with Crippen molar-refractivity contribution in [2.24, 2.45) is 5.73 Å². The molecule has 0 saturated heterocycles. The van der Waals surface area contributed by atoms with E-state index in [-0.39, 0.29) is 5.91 Å². The minimum atomic E-state index is -0.679. The molecule has 0 aliphatic rings. The molecule has 0 saturated carbocycles. The molecule has 1 atom stereocenters. The highest BCUT2D eigenvalue weighted by molar-refractivity contribution is 5.95. The third kappa shape index (κ3) is 3.39. The lowest BCUT2D eigenvalue weighted by molar-refractivity contribution is -0.117. The minimum absolute atomic E-state index is 0.241. The minimum Gasteiger partial charge on any atom is -0.323 e. The van der Waals surface area contributed by atoms with Crippen molar-refractivity contribution in [3.8, 4) is 0 Å². The summed E-state index contributed by atoms with van der Waals surface area (Å²) < 4.78 is 0. The number of carbonyl (C=O) groups is 1. The normalized spacial score (nSPS) is 11.9. The number of hydrogen-bond donors (Lipinski definition) is 2. The molecule has 0 fully saturated rings. The van der Waals surface area contributed by atoms with Crippen LogP contribution in [0.5, 0.6) is 0 Å². The zero-order valence-corrected chi connectivity index (χ0v) is 11.1. The molecule has 0 aliphatic heterocycles. The lowest BCUT2D eigenvalue weighted by atomic mass is 10.1. The molecule has 98 valence electrons. The van der Waals surface area contributed by atoms with Crippen molar-refractivity contribution < 1.29 is 4.79 Å². The van der Waals surface area contributed by atoms with Gasteiger partial charge in [0.25, 0.3) is 0 Å². The Bertz CT molecular complexity index is 561. The SMILES string of the molecule is Cc1ccc(C(N)C(=O)Nc2ccc(C)nc2)cc1. The summed E-state index contributed by atoms with van der Waals surface area (Å²) in [5, 5.41) is 2.76. The van der Waals surface area contributed by atoms with Crippen LogP contribution in [0.4, 0.5) is 5.69 Å². The first-order valence-electron chi connectivity index (χ1n) is 6.12. The standard InChI is InChI=1S/C15H17N3O/c1-10-3-6-12(7-4-10)14(16)15(19)18-13-8-5-11(2)17-9-13/h3-9,14H,16H2,1-2H3,(H,18,19). The van der Waals surface area contributed by atoms with Gasteiger partial charge in [-0.3, -0.25) is 9.78 Å². The van der Waals surface area contributed by atoms with E-state index in [9.17, 15) is 4.79 Å². The number of anilines is 1. The van der Waals surface area contributed by atoms with Gasteiger partial charge in [0.15, 0.2) is 0 Å². The monoisotopic (exact) mass is 255 g/mol. The number of nitrogens with two attached hydrogens (primary N) is 1. The first-order chi connectivity index (χ1) is 9.06. The second-order valence-corrected chi connectivity index (χ2v) is 4.57. The average molecular weight is 255 g/mol. The van der Waals surface area contributed by atoms with E-state index in [2.05, 4.69) is 10.3 Å². The van der Waals surface area contributed by atoms with Crippen LogP contribution in [0.3, 0.4) is 0 Å². The van der Waals surface area contributed by atoms with Gasteiger partial charge in [0.05, 0.1) is 11.9 Å². The highest BCUT2D eigenvalue weighted by atomic mass is 16.2. The van der Waals surface area contributed by atoms with E-state index in [1.807, 2.05) is 50.2 Å². The summed E-state index contributed by atoms with van der Waals surface area (Å²) in [7, 11) is 0. The molecule has 0 spiro atoms. The van der Waals surface area contributed by atoms with Gasteiger partial charge in [-0.2, -0.15) is 0 Å². The van der Waals surface area contributed by atoms with Gasteiger partial charge in [-0.1, -0.05) is 29.8 Å². The first-order valence-corrected chi connectivity index (χ1v) is 6.12. The van der Waals surface area contributed by atoms with Crippen LogP contribution >= 0.6 is 0 Å². The van der Waals surface area contributed by atoms with E-state index in [4.69, 9.17) is 5.73 Å². The van der Waals surface area contributed by atoms with Crippen LogP contribution in [0.25, 0.3) is 0 Å². The predicted molar refractivity (Wildman–Crippen MR) is 75.7 cm³/mol. The van der Waals surface area contributed by atoms with E-state index in [1.54, 1.807) is 6.20 Å². The summed E-state index contributed by atoms with van der Waals surface area (Å²) in [5.74, 6) is -0.241. The number of hydrogen-bond acceptors (Lipinski definition) is 3. The van der Waals surface area contributed by atoms with Gasteiger partial charge >= 0.3 is 0 Å². The van der Waals surface area contributed by atoms with Gasteiger partial charge in [0.1, 0.15) is 6.04 Å². The number of aryl methyl sites for hydroxylation is 2. The molecule has 4 heteroatoms. The highest BCUT2D eigenvalue weighted by Crippen LogP contribution is 2.14. The third-order valence-electron chi connectivity index (χ3n) is 2.90. The summed E-state index contributed by atoms with van der Waals surface area (Å²) in [5.41, 5.74) is 9.42. The smallest absolute Gasteiger partial charge is 0.245 e. The summed E-state index contributed by atoms with van der Waals surface area (Å²) >= 11 is 0. The van der Waals surface area contributed by atoms with Crippen LogP contribution in [0.2, 0.25) is 0 Å². The summed E-state index contributed by atoms with van der Waals surface area (Å²) in [4.78, 5) is 16.1. The number of carbonyl (C=O) groups excluding carboxylic acids is 1. The molecule has 0 aliphatic carbocycles. The van der Waals surface area contributed by atoms with Crippen LogP contribution in [0.15, 0.2) is 42.6 Å². The maximum absolute atomic E-state index is 12.0. The number of amides is 1. The van der Waals surface area contributed by atoms with Crippen molar-refractivity contribution in [1.29, 1.82) is 0 Å². The number of aromatic nitrogens is 1. The van der Waals surface area contributed by atoms with E-state index in [1.165, 1.54) is 0 Å². The quantitative estimate of drug-likeness (QED) is 0.884.